The fourth-order valence-electron chi connectivity index (χ4n) is 2.37. The van der Waals surface area contributed by atoms with Crippen LogP contribution in [0.15, 0.2) is 58.6 Å². The van der Waals surface area contributed by atoms with Crippen LogP contribution in [0.1, 0.15) is 24.1 Å². The third-order valence-electron chi connectivity index (χ3n) is 3.65. The summed E-state index contributed by atoms with van der Waals surface area (Å²) in [6.07, 6.45) is 6.83. The van der Waals surface area contributed by atoms with E-state index >= 15 is 0 Å². The lowest BCUT2D eigenvalue weighted by atomic mass is 10.0. The Kier molecular flexibility index (Phi) is 5.08. The highest BCUT2D eigenvalue weighted by molar-refractivity contribution is 7.89. The van der Waals surface area contributed by atoms with Crippen LogP contribution in [-0.2, 0) is 23.0 Å². The molecule has 0 amide bonds. The summed E-state index contributed by atoms with van der Waals surface area (Å²) in [5, 5.41) is 8.05. The molecular formula is C16H18N4O2S2. The van der Waals surface area contributed by atoms with Gasteiger partial charge in [-0.05, 0) is 47.4 Å². The van der Waals surface area contributed by atoms with E-state index in [1.54, 1.807) is 34.5 Å². The van der Waals surface area contributed by atoms with Crippen molar-refractivity contribution < 1.29 is 8.42 Å². The van der Waals surface area contributed by atoms with Crippen molar-refractivity contribution in [3.63, 3.8) is 0 Å². The van der Waals surface area contributed by atoms with E-state index in [9.17, 15) is 8.42 Å². The van der Waals surface area contributed by atoms with E-state index in [4.69, 9.17) is 0 Å². The summed E-state index contributed by atoms with van der Waals surface area (Å²) < 4.78 is 29.8. The lowest BCUT2D eigenvalue weighted by Gasteiger charge is -2.18. The number of sulfonamides is 1. The lowest BCUT2D eigenvalue weighted by Crippen LogP contribution is -2.30. The normalized spacial score (nSPS) is 13.0. The topological polar surface area (TPSA) is 76.9 Å². The number of aromatic nitrogens is 3. The number of aryl methyl sites for hydroxylation is 1. The minimum atomic E-state index is -3.66. The maximum Gasteiger partial charge on any atom is 0.244 e. The summed E-state index contributed by atoms with van der Waals surface area (Å²) >= 11 is 1.59. The molecule has 0 radical (unpaired) electrons. The molecule has 3 aromatic rings. The summed E-state index contributed by atoms with van der Waals surface area (Å²) in [7, 11) is -3.66. The molecule has 1 atom stereocenters. The molecule has 0 spiro atoms. The van der Waals surface area contributed by atoms with Gasteiger partial charge in [0.15, 0.2) is 0 Å². The summed E-state index contributed by atoms with van der Waals surface area (Å²) in [6, 6.07) is 5.29. The Morgan fingerprint density at radius 3 is 2.83 bits per heavy atom. The van der Waals surface area contributed by atoms with Gasteiger partial charge in [0.05, 0.1) is 12.2 Å². The van der Waals surface area contributed by atoms with Gasteiger partial charge in [0, 0.05) is 25.1 Å². The summed E-state index contributed by atoms with van der Waals surface area (Å²) in [6.45, 7) is 2.53. The molecule has 24 heavy (non-hydrogen) atoms. The number of pyridine rings is 1. The predicted molar refractivity (Wildman–Crippen MR) is 93.2 cm³/mol. The largest absolute Gasteiger partial charge is 0.272 e. The molecule has 3 heterocycles. The van der Waals surface area contributed by atoms with Crippen LogP contribution in [0.4, 0.5) is 0 Å². The van der Waals surface area contributed by atoms with Crippen molar-refractivity contribution >= 4 is 21.4 Å². The molecule has 3 rings (SSSR count). The summed E-state index contributed by atoms with van der Waals surface area (Å²) in [4.78, 5) is 4.28. The zero-order valence-corrected chi connectivity index (χ0v) is 14.8. The highest BCUT2D eigenvalue weighted by atomic mass is 32.2. The smallest absolute Gasteiger partial charge is 0.244 e. The quantitative estimate of drug-likeness (QED) is 0.701. The van der Waals surface area contributed by atoms with E-state index in [-0.39, 0.29) is 10.9 Å². The Morgan fingerprint density at radius 1 is 1.33 bits per heavy atom. The first-order chi connectivity index (χ1) is 11.6. The van der Waals surface area contributed by atoms with Crippen LogP contribution in [0.3, 0.4) is 0 Å². The van der Waals surface area contributed by atoms with Crippen molar-refractivity contribution in [3.05, 3.63) is 64.9 Å². The standard InChI is InChI=1S/C16H18N4O2S2/c1-2-20-11-15(10-18-20)24(21,22)19-16(8-13-5-7-23-12-13)14-4-3-6-17-9-14/h3-7,9-12,16,19H,2,8H2,1H3. The molecule has 0 aliphatic carbocycles. The molecule has 0 saturated carbocycles. The van der Waals surface area contributed by atoms with Crippen LogP contribution in [0, 0.1) is 0 Å². The minimum absolute atomic E-state index is 0.170. The van der Waals surface area contributed by atoms with Gasteiger partial charge >= 0.3 is 0 Å². The SMILES string of the molecule is CCn1cc(S(=O)(=O)NC(Cc2ccsc2)c2cccnc2)cn1. The third-order valence-corrected chi connectivity index (χ3v) is 5.81. The van der Waals surface area contributed by atoms with Crippen molar-refractivity contribution in [1.29, 1.82) is 0 Å². The van der Waals surface area contributed by atoms with Gasteiger partial charge in [-0.15, -0.1) is 0 Å². The number of hydrogen-bond acceptors (Lipinski definition) is 5. The predicted octanol–water partition coefficient (Wildman–Crippen LogP) is 2.62. The third kappa shape index (κ3) is 3.89. The monoisotopic (exact) mass is 362 g/mol. The van der Waals surface area contributed by atoms with Crippen molar-refractivity contribution in [2.45, 2.75) is 30.8 Å². The lowest BCUT2D eigenvalue weighted by molar-refractivity contribution is 0.554. The van der Waals surface area contributed by atoms with Gasteiger partial charge in [0.2, 0.25) is 10.0 Å². The Morgan fingerprint density at radius 2 is 2.21 bits per heavy atom. The van der Waals surface area contributed by atoms with Crippen molar-refractivity contribution in [2.24, 2.45) is 0 Å². The van der Waals surface area contributed by atoms with Crippen LogP contribution < -0.4 is 4.72 Å². The first-order valence-corrected chi connectivity index (χ1v) is 9.97. The molecule has 1 unspecified atom stereocenters. The van der Waals surface area contributed by atoms with Gasteiger partial charge in [-0.2, -0.15) is 16.4 Å². The van der Waals surface area contributed by atoms with Crippen molar-refractivity contribution in [3.8, 4) is 0 Å². The van der Waals surface area contributed by atoms with Gasteiger partial charge in [-0.1, -0.05) is 6.07 Å². The number of thiophene rings is 1. The number of nitrogens with one attached hydrogen (secondary N) is 1. The van der Waals surface area contributed by atoms with Crippen molar-refractivity contribution in [1.82, 2.24) is 19.5 Å². The van der Waals surface area contributed by atoms with E-state index < -0.39 is 10.0 Å². The maximum atomic E-state index is 12.7. The maximum absolute atomic E-state index is 12.7. The molecular weight excluding hydrogens is 344 g/mol. The summed E-state index contributed by atoms with van der Waals surface area (Å²) in [5.41, 5.74) is 1.91. The average molecular weight is 362 g/mol. The molecule has 126 valence electrons. The van der Waals surface area contributed by atoms with Gasteiger partial charge in [0.1, 0.15) is 4.90 Å². The van der Waals surface area contributed by atoms with Crippen LogP contribution in [0.2, 0.25) is 0 Å². The number of hydrogen-bond donors (Lipinski definition) is 1. The first kappa shape index (κ1) is 16.8. The molecule has 8 heteroatoms. The minimum Gasteiger partial charge on any atom is -0.272 e. The molecule has 0 saturated heterocycles. The summed E-state index contributed by atoms with van der Waals surface area (Å²) in [5.74, 6) is 0. The van der Waals surface area contributed by atoms with Gasteiger partial charge in [-0.3, -0.25) is 9.67 Å². The average Bonchev–Trinajstić information content (AvgIpc) is 3.26. The fraction of sp³-hybridized carbons (Fsp3) is 0.250. The Bertz CT molecular complexity index is 874. The Balaban J connectivity index is 1.88. The van der Waals surface area contributed by atoms with Gasteiger partial charge < -0.3 is 0 Å². The van der Waals surface area contributed by atoms with Crippen LogP contribution in [0.5, 0.6) is 0 Å². The van der Waals surface area contributed by atoms with Gasteiger partial charge in [0.25, 0.3) is 0 Å². The fourth-order valence-corrected chi connectivity index (χ4v) is 4.22. The zero-order valence-electron chi connectivity index (χ0n) is 13.2. The second-order valence-corrected chi connectivity index (χ2v) is 7.82. The van der Waals surface area contributed by atoms with Crippen LogP contribution in [-0.4, -0.2) is 23.2 Å². The molecule has 0 aromatic carbocycles. The molecule has 3 aromatic heterocycles. The van der Waals surface area contributed by atoms with E-state index in [0.29, 0.717) is 13.0 Å². The number of rotatable bonds is 7. The zero-order chi connectivity index (χ0) is 17.0. The molecule has 0 fully saturated rings. The second-order valence-electron chi connectivity index (χ2n) is 5.33. The number of nitrogens with zero attached hydrogens (tertiary/aromatic N) is 3. The van der Waals surface area contributed by atoms with E-state index in [1.165, 1.54) is 12.4 Å². The van der Waals surface area contributed by atoms with E-state index in [0.717, 1.165) is 11.1 Å². The Labute approximate surface area is 145 Å². The molecule has 6 nitrogen and oxygen atoms in total. The molecule has 0 aliphatic heterocycles. The first-order valence-electron chi connectivity index (χ1n) is 7.54. The molecule has 0 aliphatic rings. The second kappa shape index (κ2) is 7.25. The van der Waals surface area contributed by atoms with E-state index in [1.807, 2.05) is 29.8 Å². The van der Waals surface area contributed by atoms with Crippen LogP contribution >= 0.6 is 11.3 Å². The van der Waals surface area contributed by atoms with Crippen LogP contribution in [0.25, 0.3) is 0 Å². The highest BCUT2D eigenvalue weighted by Crippen LogP contribution is 2.22. The van der Waals surface area contributed by atoms with Gasteiger partial charge in [-0.25, -0.2) is 13.1 Å². The van der Waals surface area contributed by atoms with E-state index in [2.05, 4.69) is 14.8 Å². The molecule has 1 N–H and O–H groups in total. The highest BCUT2D eigenvalue weighted by Gasteiger charge is 2.23. The molecule has 0 bridgehead atoms. The van der Waals surface area contributed by atoms with Crippen molar-refractivity contribution in [2.75, 3.05) is 0 Å². The Hall–Kier alpha value is -2.03.